The molecule has 2 aliphatic heterocycles. The molecule has 0 aromatic heterocycles. The van der Waals surface area contributed by atoms with Crippen LogP contribution in [0.4, 0.5) is 10.5 Å². The molecule has 2 heterocycles. The van der Waals surface area contributed by atoms with Crippen LogP contribution >= 0.6 is 0 Å². The van der Waals surface area contributed by atoms with E-state index < -0.39 is 17.0 Å². The number of carbonyl (C=O) groups is 2. The largest absolute Gasteiger partial charge is 0.459 e. The standard InChI is InChI=1S/C22H22N2O7/c25-21(16-6-8-17(9-7-16)24(27)28)31-20-10-18-13-29-14-19(11-20)23(18)22(26)30-12-15-4-2-1-3-5-15/h1-9,18-20H,10-14H2. The van der Waals surface area contributed by atoms with Gasteiger partial charge in [-0.25, -0.2) is 9.59 Å². The van der Waals surface area contributed by atoms with Crippen molar-refractivity contribution in [2.75, 3.05) is 13.2 Å². The maximum absolute atomic E-state index is 12.7. The van der Waals surface area contributed by atoms with Gasteiger partial charge in [-0.1, -0.05) is 30.3 Å². The highest BCUT2D eigenvalue weighted by atomic mass is 16.6. The van der Waals surface area contributed by atoms with E-state index in [0.717, 1.165) is 5.56 Å². The zero-order valence-electron chi connectivity index (χ0n) is 16.7. The van der Waals surface area contributed by atoms with E-state index in [1.165, 1.54) is 24.3 Å². The number of benzene rings is 2. The number of hydrogen-bond donors (Lipinski definition) is 0. The van der Waals surface area contributed by atoms with Crippen LogP contribution in [0.5, 0.6) is 0 Å². The van der Waals surface area contributed by atoms with Crippen LogP contribution in [0.15, 0.2) is 54.6 Å². The molecule has 162 valence electrons. The zero-order valence-corrected chi connectivity index (χ0v) is 16.7. The normalized spacial score (nSPS) is 22.5. The molecular weight excluding hydrogens is 404 g/mol. The number of piperidine rings is 1. The molecule has 0 spiro atoms. The monoisotopic (exact) mass is 426 g/mol. The van der Waals surface area contributed by atoms with Gasteiger partial charge in [0.05, 0.1) is 35.8 Å². The summed E-state index contributed by atoms with van der Waals surface area (Å²) in [6, 6.07) is 14.2. The Balaban J connectivity index is 1.35. The Labute approximate surface area is 178 Å². The highest BCUT2D eigenvalue weighted by Crippen LogP contribution is 2.31. The summed E-state index contributed by atoms with van der Waals surface area (Å²) >= 11 is 0. The van der Waals surface area contributed by atoms with Crippen LogP contribution in [-0.2, 0) is 20.8 Å². The van der Waals surface area contributed by atoms with Gasteiger partial charge in [0.25, 0.3) is 5.69 Å². The van der Waals surface area contributed by atoms with Gasteiger partial charge in [0, 0.05) is 25.0 Å². The van der Waals surface area contributed by atoms with Gasteiger partial charge in [-0.3, -0.25) is 15.0 Å². The lowest BCUT2D eigenvalue weighted by Gasteiger charge is -2.47. The van der Waals surface area contributed by atoms with Gasteiger partial charge in [0.15, 0.2) is 0 Å². The molecule has 0 radical (unpaired) electrons. The molecule has 2 atom stereocenters. The van der Waals surface area contributed by atoms with E-state index in [9.17, 15) is 19.7 Å². The quantitative estimate of drug-likeness (QED) is 0.410. The van der Waals surface area contributed by atoms with Crippen LogP contribution in [0.1, 0.15) is 28.8 Å². The molecule has 2 aromatic carbocycles. The second-order valence-corrected chi connectivity index (χ2v) is 7.60. The molecule has 2 aliphatic rings. The van der Waals surface area contributed by atoms with Crippen molar-refractivity contribution in [1.29, 1.82) is 0 Å². The lowest BCUT2D eigenvalue weighted by atomic mass is 9.92. The summed E-state index contributed by atoms with van der Waals surface area (Å²) < 4.78 is 16.7. The summed E-state index contributed by atoms with van der Waals surface area (Å²) in [7, 11) is 0. The van der Waals surface area contributed by atoms with Crippen molar-refractivity contribution >= 4 is 17.7 Å². The van der Waals surface area contributed by atoms with Crippen molar-refractivity contribution in [2.24, 2.45) is 0 Å². The van der Waals surface area contributed by atoms with E-state index >= 15 is 0 Å². The van der Waals surface area contributed by atoms with E-state index in [-0.39, 0.29) is 36.0 Å². The van der Waals surface area contributed by atoms with Crippen molar-refractivity contribution in [3.63, 3.8) is 0 Å². The lowest BCUT2D eigenvalue weighted by molar-refractivity contribution is -0.384. The number of nitrogens with zero attached hydrogens (tertiary/aromatic N) is 2. The SMILES string of the molecule is O=C(OC1CC2COCC(C1)N2C(=O)OCc1ccccc1)c1ccc([N+](=O)[O-])cc1. The molecule has 4 rings (SSSR count). The van der Waals surface area contributed by atoms with Gasteiger partial charge < -0.3 is 14.2 Å². The third kappa shape index (κ3) is 4.83. The number of rotatable bonds is 5. The number of morpholine rings is 1. The lowest BCUT2D eigenvalue weighted by Crippen LogP contribution is -2.60. The number of ether oxygens (including phenoxy) is 3. The van der Waals surface area contributed by atoms with Crippen molar-refractivity contribution < 1.29 is 28.7 Å². The topological polar surface area (TPSA) is 108 Å². The molecule has 0 aliphatic carbocycles. The smallest absolute Gasteiger partial charge is 0.410 e. The first kappa shape index (κ1) is 20.8. The van der Waals surface area contributed by atoms with Crippen LogP contribution in [0, 0.1) is 10.1 Å². The van der Waals surface area contributed by atoms with Crippen LogP contribution in [0.3, 0.4) is 0 Å². The predicted octanol–water partition coefficient (Wildman–Crippen LogP) is 3.32. The molecule has 2 unspecified atom stereocenters. The van der Waals surface area contributed by atoms with Gasteiger partial charge in [-0.15, -0.1) is 0 Å². The summed E-state index contributed by atoms with van der Waals surface area (Å²) in [6.45, 7) is 0.889. The number of nitro groups is 1. The Morgan fingerprint density at radius 2 is 1.68 bits per heavy atom. The fourth-order valence-corrected chi connectivity index (χ4v) is 3.99. The fraction of sp³-hybridized carbons (Fsp3) is 0.364. The van der Waals surface area contributed by atoms with E-state index in [1.54, 1.807) is 4.90 Å². The second kappa shape index (κ2) is 9.13. The van der Waals surface area contributed by atoms with Crippen LogP contribution < -0.4 is 0 Å². The minimum absolute atomic E-state index is 0.0921. The van der Waals surface area contributed by atoms with Crippen molar-refractivity contribution in [3.05, 3.63) is 75.8 Å². The van der Waals surface area contributed by atoms with Gasteiger partial charge in [-0.05, 0) is 17.7 Å². The third-order valence-electron chi connectivity index (χ3n) is 5.48. The maximum atomic E-state index is 12.7. The van der Waals surface area contributed by atoms with Crippen molar-refractivity contribution in [1.82, 2.24) is 4.90 Å². The summed E-state index contributed by atoms with van der Waals surface area (Å²) in [6.07, 6.45) is 0.104. The molecule has 9 heteroatoms. The van der Waals surface area contributed by atoms with Gasteiger partial charge in [0.1, 0.15) is 12.7 Å². The molecule has 2 saturated heterocycles. The van der Waals surface area contributed by atoms with Crippen molar-refractivity contribution in [2.45, 2.75) is 37.6 Å². The number of non-ortho nitro benzene ring substituents is 1. The molecule has 9 nitrogen and oxygen atoms in total. The first-order chi connectivity index (χ1) is 15.0. The average Bonchev–Trinajstić information content (AvgIpc) is 2.77. The van der Waals surface area contributed by atoms with Crippen molar-refractivity contribution in [3.8, 4) is 0 Å². The summed E-state index contributed by atoms with van der Waals surface area (Å²) in [4.78, 5) is 37.1. The molecule has 31 heavy (non-hydrogen) atoms. The second-order valence-electron chi connectivity index (χ2n) is 7.60. The summed E-state index contributed by atoms with van der Waals surface area (Å²) in [5.41, 5.74) is 1.06. The number of esters is 1. The molecule has 2 aromatic rings. The third-order valence-corrected chi connectivity index (χ3v) is 5.48. The Bertz CT molecular complexity index is 934. The maximum Gasteiger partial charge on any atom is 0.410 e. The Morgan fingerprint density at radius 1 is 1.03 bits per heavy atom. The van der Waals surface area contributed by atoms with E-state index in [2.05, 4.69) is 0 Å². The van der Waals surface area contributed by atoms with E-state index in [1.807, 2.05) is 30.3 Å². The number of amides is 1. The Hall–Kier alpha value is -3.46. The number of hydrogen-bond acceptors (Lipinski definition) is 7. The Morgan fingerprint density at radius 3 is 2.29 bits per heavy atom. The molecule has 0 N–H and O–H groups in total. The van der Waals surface area contributed by atoms with Gasteiger partial charge >= 0.3 is 12.1 Å². The first-order valence-electron chi connectivity index (χ1n) is 10.0. The summed E-state index contributed by atoms with van der Waals surface area (Å²) in [5, 5.41) is 10.8. The average molecular weight is 426 g/mol. The highest BCUT2D eigenvalue weighted by molar-refractivity contribution is 5.89. The fourth-order valence-electron chi connectivity index (χ4n) is 3.99. The molecule has 2 fully saturated rings. The Kier molecular flexibility index (Phi) is 6.13. The number of fused-ring (bicyclic) bond motifs is 2. The summed E-state index contributed by atoms with van der Waals surface area (Å²) in [5.74, 6) is -0.543. The zero-order chi connectivity index (χ0) is 21.8. The van der Waals surface area contributed by atoms with Gasteiger partial charge in [-0.2, -0.15) is 0 Å². The first-order valence-corrected chi connectivity index (χ1v) is 10.0. The van der Waals surface area contributed by atoms with E-state index in [0.29, 0.717) is 26.1 Å². The van der Waals surface area contributed by atoms with Crippen LogP contribution in [0.2, 0.25) is 0 Å². The van der Waals surface area contributed by atoms with Crippen LogP contribution in [-0.4, -0.2) is 53.3 Å². The number of nitro benzene ring substituents is 1. The predicted molar refractivity (Wildman–Crippen MR) is 108 cm³/mol. The van der Waals surface area contributed by atoms with Gasteiger partial charge in [0.2, 0.25) is 0 Å². The molecule has 0 saturated carbocycles. The minimum Gasteiger partial charge on any atom is -0.459 e. The van der Waals surface area contributed by atoms with Crippen LogP contribution in [0.25, 0.3) is 0 Å². The number of carbonyl (C=O) groups excluding carboxylic acids is 2. The van der Waals surface area contributed by atoms with E-state index in [4.69, 9.17) is 14.2 Å². The highest BCUT2D eigenvalue weighted by Gasteiger charge is 2.43. The molecule has 1 amide bonds. The molecule has 2 bridgehead atoms. The molecular formula is C22H22N2O7. The minimum atomic E-state index is -0.543.